The maximum Gasteiger partial charge on any atom is 0.257 e. The van der Waals surface area contributed by atoms with E-state index in [1.807, 2.05) is 24.3 Å². The predicted octanol–water partition coefficient (Wildman–Crippen LogP) is 5.59. The number of piperidine rings is 1. The van der Waals surface area contributed by atoms with Crippen LogP contribution >= 0.6 is 27.5 Å². The number of carbonyl (C=O) groups is 1. The SMILES string of the molecule is CC1CCN(c2ccccc2NC(=O)c2cc(Br)ccc2Cl)CC1. The number of para-hydroxylation sites is 2. The standard InChI is InChI=1S/C19H20BrClN2O/c1-13-8-10-23(11-9-13)18-5-3-2-4-17(18)22-19(24)15-12-14(20)6-7-16(15)21/h2-7,12-13H,8-11H2,1H3,(H,22,24). The van der Waals surface area contributed by atoms with Gasteiger partial charge in [-0.05, 0) is 49.1 Å². The van der Waals surface area contributed by atoms with Crippen LogP contribution in [0.5, 0.6) is 0 Å². The highest BCUT2D eigenvalue weighted by Gasteiger charge is 2.19. The largest absolute Gasteiger partial charge is 0.370 e. The first kappa shape index (κ1) is 17.3. The Kier molecular flexibility index (Phi) is 5.47. The van der Waals surface area contributed by atoms with Crippen molar-refractivity contribution in [2.45, 2.75) is 19.8 Å². The van der Waals surface area contributed by atoms with Crippen LogP contribution < -0.4 is 10.2 Å². The molecule has 0 unspecified atom stereocenters. The summed E-state index contributed by atoms with van der Waals surface area (Å²) < 4.78 is 0.829. The van der Waals surface area contributed by atoms with Crippen molar-refractivity contribution in [1.29, 1.82) is 0 Å². The lowest BCUT2D eigenvalue weighted by atomic mass is 9.98. The molecule has 1 N–H and O–H groups in total. The fraction of sp³-hybridized carbons (Fsp3) is 0.316. The zero-order valence-electron chi connectivity index (χ0n) is 13.6. The lowest BCUT2D eigenvalue weighted by Crippen LogP contribution is -2.33. The fourth-order valence-corrected chi connectivity index (χ4v) is 3.53. The molecule has 0 atom stereocenters. The van der Waals surface area contributed by atoms with Crippen LogP contribution in [0.2, 0.25) is 5.02 Å². The summed E-state index contributed by atoms with van der Waals surface area (Å²) in [6, 6.07) is 13.2. The van der Waals surface area contributed by atoms with Gasteiger partial charge in [0.2, 0.25) is 0 Å². The van der Waals surface area contributed by atoms with Gasteiger partial charge in [-0.1, -0.05) is 46.6 Å². The average Bonchev–Trinajstić information content (AvgIpc) is 2.58. The summed E-state index contributed by atoms with van der Waals surface area (Å²) in [7, 11) is 0. The van der Waals surface area contributed by atoms with Gasteiger partial charge >= 0.3 is 0 Å². The van der Waals surface area contributed by atoms with E-state index in [1.165, 1.54) is 12.8 Å². The molecule has 0 bridgehead atoms. The normalized spacial score (nSPS) is 15.4. The van der Waals surface area contributed by atoms with E-state index in [-0.39, 0.29) is 5.91 Å². The van der Waals surface area contributed by atoms with Crippen molar-refractivity contribution in [3.8, 4) is 0 Å². The minimum Gasteiger partial charge on any atom is -0.370 e. The third-order valence-electron chi connectivity index (χ3n) is 4.45. The molecule has 3 nitrogen and oxygen atoms in total. The molecule has 1 heterocycles. The van der Waals surface area contributed by atoms with E-state index >= 15 is 0 Å². The molecule has 2 aromatic carbocycles. The minimum absolute atomic E-state index is 0.195. The Morgan fingerprint density at radius 1 is 1.21 bits per heavy atom. The molecule has 0 radical (unpaired) electrons. The van der Waals surface area contributed by atoms with E-state index in [4.69, 9.17) is 11.6 Å². The summed E-state index contributed by atoms with van der Waals surface area (Å²) in [6.45, 7) is 4.33. The molecule has 126 valence electrons. The van der Waals surface area contributed by atoms with Crippen molar-refractivity contribution in [3.63, 3.8) is 0 Å². The first-order valence-electron chi connectivity index (χ1n) is 8.15. The van der Waals surface area contributed by atoms with Gasteiger partial charge in [-0.2, -0.15) is 0 Å². The molecule has 2 aromatic rings. The second kappa shape index (κ2) is 7.58. The van der Waals surface area contributed by atoms with E-state index < -0.39 is 0 Å². The maximum absolute atomic E-state index is 12.6. The molecular weight excluding hydrogens is 388 g/mol. The molecular formula is C19H20BrClN2O. The quantitative estimate of drug-likeness (QED) is 0.719. The van der Waals surface area contributed by atoms with Gasteiger partial charge in [-0.15, -0.1) is 0 Å². The molecule has 1 aliphatic rings. The van der Waals surface area contributed by atoms with Crippen molar-refractivity contribution >= 4 is 44.8 Å². The molecule has 0 aromatic heterocycles. The van der Waals surface area contributed by atoms with Crippen LogP contribution in [0, 0.1) is 5.92 Å². The summed E-state index contributed by atoms with van der Waals surface area (Å²) in [5.41, 5.74) is 2.37. The number of hydrogen-bond acceptors (Lipinski definition) is 2. The molecule has 0 saturated carbocycles. The molecule has 24 heavy (non-hydrogen) atoms. The first-order valence-corrected chi connectivity index (χ1v) is 9.32. The molecule has 0 aliphatic carbocycles. The highest BCUT2D eigenvalue weighted by atomic mass is 79.9. The Morgan fingerprint density at radius 2 is 1.92 bits per heavy atom. The third-order valence-corrected chi connectivity index (χ3v) is 5.27. The van der Waals surface area contributed by atoms with Gasteiger partial charge in [-0.3, -0.25) is 4.79 Å². The molecule has 1 fully saturated rings. The monoisotopic (exact) mass is 406 g/mol. The van der Waals surface area contributed by atoms with Crippen LogP contribution in [0.25, 0.3) is 0 Å². The molecule has 3 rings (SSSR count). The Hall–Kier alpha value is -1.52. The number of amides is 1. The number of nitrogens with one attached hydrogen (secondary N) is 1. The lowest BCUT2D eigenvalue weighted by Gasteiger charge is -2.33. The van der Waals surface area contributed by atoms with Gasteiger partial charge in [0.05, 0.1) is 22.0 Å². The number of hydrogen-bond donors (Lipinski definition) is 1. The van der Waals surface area contributed by atoms with Crippen LogP contribution in [0.15, 0.2) is 46.9 Å². The Morgan fingerprint density at radius 3 is 2.67 bits per heavy atom. The van der Waals surface area contributed by atoms with E-state index in [0.717, 1.165) is 34.9 Å². The van der Waals surface area contributed by atoms with Crippen LogP contribution in [-0.2, 0) is 0 Å². The van der Waals surface area contributed by atoms with Gasteiger partial charge in [0.1, 0.15) is 0 Å². The molecule has 5 heteroatoms. The topological polar surface area (TPSA) is 32.3 Å². The van der Waals surface area contributed by atoms with Crippen molar-refractivity contribution in [1.82, 2.24) is 0 Å². The van der Waals surface area contributed by atoms with E-state index in [0.29, 0.717) is 10.6 Å². The first-order chi connectivity index (χ1) is 11.5. The highest BCUT2D eigenvalue weighted by molar-refractivity contribution is 9.10. The van der Waals surface area contributed by atoms with Gasteiger partial charge in [0.15, 0.2) is 0 Å². The zero-order chi connectivity index (χ0) is 17.1. The zero-order valence-corrected chi connectivity index (χ0v) is 15.9. The van der Waals surface area contributed by atoms with Crippen molar-refractivity contribution < 1.29 is 4.79 Å². The average molecular weight is 408 g/mol. The Bertz CT molecular complexity index is 742. The fourth-order valence-electron chi connectivity index (χ4n) is 2.97. The van der Waals surface area contributed by atoms with Crippen LogP contribution in [0.1, 0.15) is 30.1 Å². The van der Waals surface area contributed by atoms with Crippen molar-refractivity contribution in [2.24, 2.45) is 5.92 Å². The molecule has 0 spiro atoms. The summed E-state index contributed by atoms with van der Waals surface area (Å²) >= 11 is 9.56. The van der Waals surface area contributed by atoms with Gasteiger partial charge in [-0.25, -0.2) is 0 Å². The lowest BCUT2D eigenvalue weighted by molar-refractivity contribution is 0.102. The second-order valence-corrected chi connectivity index (χ2v) is 7.59. The smallest absolute Gasteiger partial charge is 0.257 e. The number of carbonyl (C=O) groups excluding carboxylic acids is 1. The second-order valence-electron chi connectivity index (χ2n) is 6.27. The molecule has 1 amide bonds. The minimum atomic E-state index is -0.195. The predicted molar refractivity (Wildman–Crippen MR) is 104 cm³/mol. The summed E-state index contributed by atoms with van der Waals surface area (Å²) in [5.74, 6) is 0.572. The highest BCUT2D eigenvalue weighted by Crippen LogP contribution is 2.30. The number of benzene rings is 2. The van der Waals surface area contributed by atoms with Crippen LogP contribution in [0.4, 0.5) is 11.4 Å². The Labute approximate surface area is 156 Å². The number of anilines is 2. The summed E-state index contributed by atoms with van der Waals surface area (Å²) in [5, 5.41) is 3.46. The third kappa shape index (κ3) is 3.93. The summed E-state index contributed by atoms with van der Waals surface area (Å²) in [6.07, 6.45) is 2.36. The Balaban J connectivity index is 1.82. The number of nitrogens with zero attached hydrogens (tertiary/aromatic N) is 1. The van der Waals surface area contributed by atoms with E-state index in [9.17, 15) is 4.79 Å². The summed E-state index contributed by atoms with van der Waals surface area (Å²) in [4.78, 5) is 15.0. The molecule has 1 saturated heterocycles. The van der Waals surface area contributed by atoms with Crippen LogP contribution in [0.3, 0.4) is 0 Å². The maximum atomic E-state index is 12.6. The van der Waals surface area contributed by atoms with Crippen molar-refractivity contribution in [3.05, 3.63) is 57.5 Å². The van der Waals surface area contributed by atoms with Gasteiger partial charge in [0, 0.05) is 17.6 Å². The van der Waals surface area contributed by atoms with Crippen molar-refractivity contribution in [2.75, 3.05) is 23.3 Å². The van der Waals surface area contributed by atoms with Gasteiger partial charge < -0.3 is 10.2 Å². The van der Waals surface area contributed by atoms with Crippen LogP contribution in [-0.4, -0.2) is 19.0 Å². The van der Waals surface area contributed by atoms with E-state index in [2.05, 4.69) is 39.1 Å². The number of halogens is 2. The molecule has 1 aliphatic heterocycles. The number of rotatable bonds is 3. The van der Waals surface area contributed by atoms with E-state index in [1.54, 1.807) is 12.1 Å². The van der Waals surface area contributed by atoms with Gasteiger partial charge in [0.25, 0.3) is 5.91 Å².